The van der Waals surface area contributed by atoms with Crippen LogP contribution in [0.3, 0.4) is 0 Å². The summed E-state index contributed by atoms with van der Waals surface area (Å²) in [5.41, 5.74) is 6.37. The predicted octanol–water partition coefficient (Wildman–Crippen LogP) is 3.14. The molecule has 7 nitrogen and oxygen atoms in total. The van der Waals surface area contributed by atoms with E-state index in [9.17, 15) is 10.1 Å². The summed E-state index contributed by atoms with van der Waals surface area (Å²) in [6.45, 7) is 1.76. The Morgan fingerprint density at radius 2 is 2.14 bits per heavy atom. The first-order valence-corrected chi connectivity index (χ1v) is 6.61. The van der Waals surface area contributed by atoms with Gasteiger partial charge in [-0.3, -0.25) is 15.5 Å². The number of halogens is 1. The Kier molecular flexibility index (Phi) is 4.18. The Labute approximate surface area is 128 Å². The van der Waals surface area contributed by atoms with Crippen LogP contribution in [0.1, 0.15) is 11.3 Å². The van der Waals surface area contributed by atoms with E-state index in [0.717, 1.165) is 0 Å². The average Bonchev–Trinajstić information content (AvgIpc) is 2.40. The summed E-state index contributed by atoms with van der Waals surface area (Å²) in [4.78, 5) is 14.5. The quantitative estimate of drug-likeness (QED) is 0.380. The third kappa shape index (κ3) is 3.34. The molecule has 0 aliphatic carbocycles. The molecule has 0 atom stereocenters. The van der Waals surface area contributed by atoms with Crippen molar-refractivity contribution in [2.75, 3.05) is 0 Å². The summed E-state index contributed by atoms with van der Waals surface area (Å²) in [6.07, 6.45) is 0. The molecule has 108 valence electrons. The molecular formula is C13H11BrN4O3. The highest BCUT2D eigenvalue weighted by Gasteiger charge is 2.15. The van der Waals surface area contributed by atoms with Gasteiger partial charge in [0.25, 0.3) is 5.69 Å². The lowest BCUT2D eigenvalue weighted by Gasteiger charge is -2.11. The van der Waals surface area contributed by atoms with Gasteiger partial charge in [-0.2, -0.15) is 0 Å². The highest BCUT2D eigenvalue weighted by molar-refractivity contribution is 9.10. The zero-order valence-corrected chi connectivity index (χ0v) is 12.5. The maximum absolute atomic E-state index is 10.8. The molecule has 1 heterocycles. The Balaban J connectivity index is 2.47. The van der Waals surface area contributed by atoms with Crippen LogP contribution in [0.25, 0.3) is 0 Å². The third-order valence-corrected chi connectivity index (χ3v) is 3.28. The second-order valence-corrected chi connectivity index (χ2v) is 5.05. The van der Waals surface area contributed by atoms with Crippen LogP contribution in [-0.4, -0.2) is 15.7 Å². The molecule has 0 unspecified atom stereocenters. The van der Waals surface area contributed by atoms with E-state index in [4.69, 9.17) is 15.9 Å². The van der Waals surface area contributed by atoms with E-state index >= 15 is 0 Å². The number of rotatable bonds is 4. The fourth-order valence-corrected chi connectivity index (χ4v) is 1.93. The molecule has 0 fully saturated rings. The summed E-state index contributed by atoms with van der Waals surface area (Å²) in [6, 6.07) is 7.46. The highest BCUT2D eigenvalue weighted by Crippen LogP contribution is 2.33. The third-order valence-electron chi connectivity index (χ3n) is 2.62. The number of nitro benzene ring substituents is 1. The zero-order chi connectivity index (χ0) is 15.6. The summed E-state index contributed by atoms with van der Waals surface area (Å²) in [5, 5.41) is 18.3. The maximum Gasteiger partial charge on any atom is 0.273 e. The van der Waals surface area contributed by atoms with Crippen molar-refractivity contribution in [2.45, 2.75) is 6.92 Å². The molecular weight excluding hydrogens is 340 g/mol. The van der Waals surface area contributed by atoms with Crippen LogP contribution in [0.5, 0.6) is 11.6 Å². The van der Waals surface area contributed by atoms with Crippen molar-refractivity contribution in [3.63, 3.8) is 0 Å². The number of pyridine rings is 1. The summed E-state index contributed by atoms with van der Waals surface area (Å²) in [5.74, 6) is 0.160. The molecule has 2 aromatic rings. The van der Waals surface area contributed by atoms with Crippen molar-refractivity contribution in [2.24, 2.45) is 5.73 Å². The van der Waals surface area contributed by atoms with Crippen molar-refractivity contribution in [1.29, 1.82) is 5.41 Å². The molecule has 0 aliphatic heterocycles. The highest BCUT2D eigenvalue weighted by atomic mass is 79.9. The number of nitrogens with one attached hydrogen (secondary N) is 1. The number of nitrogens with zero attached hydrogens (tertiary/aromatic N) is 2. The number of nitro groups is 1. The first-order valence-electron chi connectivity index (χ1n) is 5.82. The molecule has 0 saturated heterocycles. The van der Waals surface area contributed by atoms with Crippen LogP contribution in [0.15, 0.2) is 34.8 Å². The van der Waals surface area contributed by atoms with Crippen molar-refractivity contribution in [3.05, 3.63) is 56.2 Å². The molecule has 0 aliphatic rings. The Hall–Kier alpha value is -2.48. The van der Waals surface area contributed by atoms with Crippen LogP contribution in [0.2, 0.25) is 0 Å². The van der Waals surface area contributed by atoms with E-state index < -0.39 is 4.92 Å². The summed E-state index contributed by atoms with van der Waals surface area (Å²) in [7, 11) is 0. The van der Waals surface area contributed by atoms with Crippen molar-refractivity contribution in [1.82, 2.24) is 4.98 Å². The van der Waals surface area contributed by atoms with Crippen LogP contribution in [0.4, 0.5) is 5.69 Å². The topological polar surface area (TPSA) is 115 Å². The Morgan fingerprint density at radius 1 is 1.43 bits per heavy atom. The molecule has 3 N–H and O–H groups in total. The van der Waals surface area contributed by atoms with Gasteiger partial charge in [0.15, 0.2) is 5.75 Å². The van der Waals surface area contributed by atoms with E-state index in [0.29, 0.717) is 15.7 Å². The number of benzene rings is 1. The largest absolute Gasteiger partial charge is 0.437 e. The number of nitrogen functional groups attached to an aromatic ring is 1. The minimum absolute atomic E-state index is 0.106. The van der Waals surface area contributed by atoms with E-state index in [2.05, 4.69) is 20.9 Å². The van der Waals surface area contributed by atoms with E-state index in [1.807, 2.05) is 0 Å². The second-order valence-electron chi connectivity index (χ2n) is 4.19. The number of hydrogen-bond donors (Lipinski definition) is 2. The van der Waals surface area contributed by atoms with Gasteiger partial charge in [-0.25, -0.2) is 4.98 Å². The summed E-state index contributed by atoms with van der Waals surface area (Å²) < 4.78 is 6.12. The SMILES string of the molecule is Cc1ccc(C(=N)N)c(Oc2cc([N+](=O)[O-])ccc2Br)n1. The van der Waals surface area contributed by atoms with Crippen LogP contribution >= 0.6 is 15.9 Å². The fourth-order valence-electron chi connectivity index (χ4n) is 1.60. The summed E-state index contributed by atoms with van der Waals surface area (Å²) >= 11 is 3.26. The molecule has 0 amide bonds. The number of amidine groups is 1. The number of non-ortho nitro benzene ring substituents is 1. The molecule has 21 heavy (non-hydrogen) atoms. The minimum Gasteiger partial charge on any atom is -0.437 e. The van der Waals surface area contributed by atoms with Gasteiger partial charge in [0, 0.05) is 11.8 Å². The average molecular weight is 351 g/mol. The number of ether oxygens (including phenoxy) is 1. The smallest absolute Gasteiger partial charge is 0.273 e. The van der Waals surface area contributed by atoms with Gasteiger partial charge in [0.2, 0.25) is 5.88 Å². The number of nitrogens with two attached hydrogens (primary N) is 1. The lowest BCUT2D eigenvalue weighted by molar-refractivity contribution is -0.384. The predicted molar refractivity (Wildman–Crippen MR) is 80.9 cm³/mol. The molecule has 8 heteroatoms. The Morgan fingerprint density at radius 3 is 2.76 bits per heavy atom. The van der Waals surface area contributed by atoms with E-state index in [-0.39, 0.29) is 23.2 Å². The molecule has 1 aromatic heterocycles. The van der Waals surface area contributed by atoms with Crippen molar-refractivity contribution < 1.29 is 9.66 Å². The number of aryl methyl sites for hydroxylation is 1. The molecule has 0 spiro atoms. The van der Waals surface area contributed by atoms with Gasteiger partial charge in [-0.05, 0) is 41.1 Å². The van der Waals surface area contributed by atoms with Gasteiger partial charge >= 0.3 is 0 Å². The normalized spacial score (nSPS) is 10.2. The first-order chi connectivity index (χ1) is 9.88. The van der Waals surface area contributed by atoms with Gasteiger partial charge in [-0.1, -0.05) is 0 Å². The standard InChI is InChI=1S/C13H11BrN4O3/c1-7-2-4-9(12(15)16)13(17-7)21-11-6-8(18(19)20)3-5-10(11)14/h2-6H,1H3,(H3,15,16). The molecule has 1 aromatic carbocycles. The molecule has 0 bridgehead atoms. The van der Waals surface area contributed by atoms with Crippen LogP contribution in [0, 0.1) is 22.4 Å². The van der Waals surface area contributed by atoms with E-state index in [1.165, 1.54) is 18.2 Å². The van der Waals surface area contributed by atoms with Gasteiger partial charge in [0.05, 0.1) is 21.0 Å². The monoisotopic (exact) mass is 350 g/mol. The van der Waals surface area contributed by atoms with Crippen molar-refractivity contribution >= 4 is 27.5 Å². The van der Waals surface area contributed by atoms with Gasteiger partial charge < -0.3 is 10.5 Å². The minimum atomic E-state index is -0.519. The zero-order valence-electron chi connectivity index (χ0n) is 11.0. The number of aromatic nitrogens is 1. The second kappa shape index (κ2) is 5.88. The molecule has 0 radical (unpaired) electrons. The Bertz CT molecular complexity index is 733. The maximum atomic E-state index is 10.8. The lowest BCUT2D eigenvalue weighted by Crippen LogP contribution is -2.13. The van der Waals surface area contributed by atoms with Crippen molar-refractivity contribution in [3.8, 4) is 11.6 Å². The first kappa shape index (κ1) is 14.9. The molecule has 2 rings (SSSR count). The number of hydrogen-bond acceptors (Lipinski definition) is 5. The van der Waals surface area contributed by atoms with Gasteiger partial charge in [0.1, 0.15) is 5.84 Å². The van der Waals surface area contributed by atoms with Crippen LogP contribution < -0.4 is 10.5 Å². The fraction of sp³-hybridized carbons (Fsp3) is 0.0769. The van der Waals surface area contributed by atoms with Crippen LogP contribution in [-0.2, 0) is 0 Å². The van der Waals surface area contributed by atoms with Gasteiger partial charge in [-0.15, -0.1) is 0 Å². The van der Waals surface area contributed by atoms with E-state index in [1.54, 1.807) is 19.1 Å². The lowest BCUT2D eigenvalue weighted by atomic mass is 10.2. The molecule has 0 saturated carbocycles.